The van der Waals surface area contributed by atoms with Gasteiger partial charge in [0.25, 0.3) is 0 Å². The third kappa shape index (κ3) is 2.73. The highest BCUT2D eigenvalue weighted by atomic mass is 16.5. The molecule has 0 saturated heterocycles. The molecular formula is C13H15N3O3. The van der Waals surface area contributed by atoms with Crippen LogP contribution in [0.25, 0.3) is 11.0 Å². The Labute approximate surface area is 110 Å². The SMILES string of the molecule is COC(=O)CC(=O)N(C)c1ccc2nc(C)[nH]c2c1. The third-order valence-electron chi connectivity index (χ3n) is 2.87. The number of methoxy groups -OCH3 is 1. The maximum absolute atomic E-state index is 11.9. The van der Waals surface area contributed by atoms with Crippen LogP contribution in [0, 0.1) is 6.92 Å². The molecule has 19 heavy (non-hydrogen) atoms. The lowest BCUT2D eigenvalue weighted by Gasteiger charge is -2.16. The monoisotopic (exact) mass is 261 g/mol. The number of anilines is 1. The van der Waals surface area contributed by atoms with Gasteiger partial charge in [0, 0.05) is 12.7 Å². The highest BCUT2D eigenvalue weighted by molar-refractivity contribution is 6.03. The fraction of sp³-hybridized carbons (Fsp3) is 0.308. The summed E-state index contributed by atoms with van der Waals surface area (Å²) in [6, 6.07) is 5.44. The van der Waals surface area contributed by atoms with E-state index in [9.17, 15) is 9.59 Å². The summed E-state index contributed by atoms with van der Waals surface area (Å²) < 4.78 is 4.48. The number of aromatic amines is 1. The van der Waals surface area contributed by atoms with Gasteiger partial charge in [0.1, 0.15) is 12.2 Å². The second-order valence-electron chi connectivity index (χ2n) is 4.23. The van der Waals surface area contributed by atoms with E-state index in [0.29, 0.717) is 5.69 Å². The van der Waals surface area contributed by atoms with Crippen LogP contribution in [0.5, 0.6) is 0 Å². The van der Waals surface area contributed by atoms with Gasteiger partial charge in [-0.15, -0.1) is 0 Å². The van der Waals surface area contributed by atoms with E-state index in [2.05, 4.69) is 14.7 Å². The number of amides is 1. The number of ether oxygens (including phenoxy) is 1. The molecule has 0 fully saturated rings. The molecule has 1 aromatic heterocycles. The Morgan fingerprint density at radius 1 is 1.42 bits per heavy atom. The molecule has 0 aliphatic rings. The minimum Gasteiger partial charge on any atom is -0.469 e. The van der Waals surface area contributed by atoms with Gasteiger partial charge in [-0.25, -0.2) is 4.98 Å². The van der Waals surface area contributed by atoms with Crippen LogP contribution in [0.4, 0.5) is 5.69 Å². The molecule has 0 bridgehead atoms. The van der Waals surface area contributed by atoms with E-state index in [1.807, 2.05) is 19.1 Å². The van der Waals surface area contributed by atoms with Gasteiger partial charge in [-0.3, -0.25) is 9.59 Å². The number of nitrogens with zero attached hydrogens (tertiary/aromatic N) is 2. The Morgan fingerprint density at radius 3 is 2.84 bits per heavy atom. The average molecular weight is 261 g/mol. The van der Waals surface area contributed by atoms with Crippen LogP contribution in [0.15, 0.2) is 18.2 Å². The standard InChI is InChI=1S/C13H15N3O3/c1-8-14-10-5-4-9(6-11(10)15-8)16(2)12(17)7-13(18)19-3/h4-6H,7H2,1-3H3,(H,14,15). The first-order valence-corrected chi connectivity index (χ1v) is 5.81. The highest BCUT2D eigenvalue weighted by Gasteiger charge is 2.16. The zero-order valence-electron chi connectivity index (χ0n) is 11.1. The van der Waals surface area contributed by atoms with E-state index >= 15 is 0 Å². The maximum Gasteiger partial charge on any atom is 0.315 e. The van der Waals surface area contributed by atoms with E-state index in [-0.39, 0.29) is 12.3 Å². The van der Waals surface area contributed by atoms with E-state index in [1.165, 1.54) is 12.0 Å². The molecule has 0 radical (unpaired) electrons. The number of carbonyl (C=O) groups is 2. The fourth-order valence-corrected chi connectivity index (χ4v) is 1.79. The van der Waals surface area contributed by atoms with E-state index in [0.717, 1.165) is 16.9 Å². The van der Waals surface area contributed by atoms with Gasteiger partial charge >= 0.3 is 5.97 Å². The number of rotatable bonds is 3. The second kappa shape index (κ2) is 5.09. The van der Waals surface area contributed by atoms with Crippen molar-refractivity contribution in [2.45, 2.75) is 13.3 Å². The van der Waals surface area contributed by atoms with E-state index in [4.69, 9.17) is 0 Å². The first-order valence-electron chi connectivity index (χ1n) is 5.81. The lowest BCUT2D eigenvalue weighted by Crippen LogP contribution is -2.28. The minimum absolute atomic E-state index is 0.271. The number of imidazole rings is 1. The lowest BCUT2D eigenvalue weighted by molar-refractivity contribution is -0.143. The summed E-state index contributed by atoms with van der Waals surface area (Å²) in [4.78, 5) is 31.8. The first kappa shape index (κ1) is 13.1. The zero-order chi connectivity index (χ0) is 14.0. The molecule has 100 valence electrons. The highest BCUT2D eigenvalue weighted by Crippen LogP contribution is 2.20. The Bertz CT molecular complexity index is 633. The van der Waals surface area contributed by atoms with E-state index < -0.39 is 5.97 Å². The number of hydrogen-bond donors (Lipinski definition) is 1. The van der Waals surface area contributed by atoms with E-state index in [1.54, 1.807) is 13.1 Å². The zero-order valence-corrected chi connectivity index (χ0v) is 11.1. The van der Waals surface area contributed by atoms with Gasteiger partial charge in [-0.1, -0.05) is 0 Å². The summed E-state index contributed by atoms with van der Waals surface area (Å²) in [5, 5.41) is 0. The summed E-state index contributed by atoms with van der Waals surface area (Å²) >= 11 is 0. The van der Waals surface area contributed by atoms with Gasteiger partial charge in [0.05, 0.1) is 18.1 Å². The molecule has 1 heterocycles. The molecule has 2 aromatic rings. The van der Waals surface area contributed by atoms with Crippen LogP contribution in [0.2, 0.25) is 0 Å². The number of benzene rings is 1. The molecule has 1 aromatic carbocycles. The van der Waals surface area contributed by atoms with Crippen molar-refractivity contribution in [1.82, 2.24) is 9.97 Å². The van der Waals surface area contributed by atoms with Crippen molar-refractivity contribution in [3.63, 3.8) is 0 Å². The molecule has 0 atom stereocenters. The van der Waals surface area contributed by atoms with Crippen molar-refractivity contribution < 1.29 is 14.3 Å². The molecule has 1 N–H and O–H groups in total. The number of nitrogens with one attached hydrogen (secondary N) is 1. The number of H-pyrrole nitrogens is 1. The maximum atomic E-state index is 11.9. The topological polar surface area (TPSA) is 75.3 Å². The molecular weight excluding hydrogens is 246 g/mol. The predicted molar refractivity (Wildman–Crippen MR) is 70.9 cm³/mol. The number of aryl methyl sites for hydroxylation is 1. The minimum atomic E-state index is -0.546. The number of hydrogen-bond acceptors (Lipinski definition) is 4. The quantitative estimate of drug-likeness (QED) is 0.669. The summed E-state index contributed by atoms with van der Waals surface area (Å²) in [6.45, 7) is 1.87. The van der Waals surface area contributed by atoms with Crippen molar-refractivity contribution in [2.24, 2.45) is 0 Å². The van der Waals surface area contributed by atoms with Crippen LogP contribution in [0.3, 0.4) is 0 Å². The Balaban J connectivity index is 2.23. The van der Waals surface area contributed by atoms with Crippen molar-refractivity contribution in [3.05, 3.63) is 24.0 Å². The van der Waals surface area contributed by atoms with Gasteiger partial charge in [0.2, 0.25) is 5.91 Å². The molecule has 0 spiro atoms. The van der Waals surface area contributed by atoms with Crippen LogP contribution in [-0.2, 0) is 14.3 Å². The number of aromatic nitrogens is 2. The van der Waals surface area contributed by atoms with Crippen LogP contribution >= 0.6 is 0 Å². The predicted octanol–water partition coefficient (Wildman–Crippen LogP) is 1.40. The van der Waals surface area contributed by atoms with Crippen molar-refractivity contribution in [1.29, 1.82) is 0 Å². The van der Waals surface area contributed by atoms with Crippen LogP contribution < -0.4 is 4.90 Å². The van der Waals surface area contributed by atoms with Gasteiger partial charge in [0.15, 0.2) is 0 Å². The Morgan fingerprint density at radius 2 is 2.16 bits per heavy atom. The number of carbonyl (C=O) groups excluding carboxylic acids is 2. The third-order valence-corrected chi connectivity index (χ3v) is 2.87. The second-order valence-corrected chi connectivity index (χ2v) is 4.23. The van der Waals surface area contributed by atoms with Gasteiger partial charge in [-0.05, 0) is 25.1 Å². The molecule has 6 heteroatoms. The lowest BCUT2D eigenvalue weighted by atomic mass is 10.2. The van der Waals surface area contributed by atoms with Crippen LogP contribution in [0.1, 0.15) is 12.2 Å². The molecule has 0 unspecified atom stereocenters. The largest absolute Gasteiger partial charge is 0.469 e. The van der Waals surface area contributed by atoms with Crippen molar-refractivity contribution in [2.75, 3.05) is 19.1 Å². The fourth-order valence-electron chi connectivity index (χ4n) is 1.79. The Kier molecular flexibility index (Phi) is 3.50. The summed E-state index contributed by atoms with van der Waals surface area (Å²) in [5.74, 6) is -0.0477. The summed E-state index contributed by atoms with van der Waals surface area (Å²) in [7, 11) is 2.88. The van der Waals surface area contributed by atoms with Crippen molar-refractivity contribution >= 4 is 28.6 Å². The normalized spacial score (nSPS) is 10.5. The Hall–Kier alpha value is -2.37. The summed E-state index contributed by atoms with van der Waals surface area (Å²) in [6.07, 6.45) is -0.271. The molecule has 2 rings (SSSR count). The molecule has 1 amide bonds. The van der Waals surface area contributed by atoms with Gasteiger partial charge in [-0.2, -0.15) is 0 Å². The molecule has 6 nitrogen and oxygen atoms in total. The molecule has 0 aliphatic carbocycles. The number of fused-ring (bicyclic) bond motifs is 1. The average Bonchev–Trinajstić information content (AvgIpc) is 2.76. The number of esters is 1. The molecule has 0 aliphatic heterocycles. The van der Waals surface area contributed by atoms with Gasteiger partial charge < -0.3 is 14.6 Å². The smallest absolute Gasteiger partial charge is 0.315 e. The molecule has 0 saturated carbocycles. The van der Waals surface area contributed by atoms with Crippen molar-refractivity contribution in [3.8, 4) is 0 Å². The first-order chi connectivity index (χ1) is 9.01. The summed E-state index contributed by atoms with van der Waals surface area (Å²) in [5.41, 5.74) is 2.40. The van der Waals surface area contributed by atoms with Crippen LogP contribution in [-0.4, -0.2) is 36.0 Å².